The molecule has 2 heterocycles. The maximum atomic E-state index is 12.2. The van der Waals surface area contributed by atoms with Gasteiger partial charge < -0.3 is 15.4 Å². The Bertz CT molecular complexity index is 682. The second-order valence-electron chi connectivity index (χ2n) is 5.92. The standard InChI is InChI=1S/C18H22N4O2/c1-13-5-2-3-6-14(13)9-19-17(23)15-10-20-18(21-11-15)22-12-16-7-4-8-24-16/h2-3,5-6,10-11,16H,4,7-9,12H2,1H3,(H,19,23)(H,20,21,22). The van der Waals surface area contributed by atoms with Gasteiger partial charge in [-0.1, -0.05) is 24.3 Å². The van der Waals surface area contributed by atoms with E-state index < -0.39 is 0 Å². The highest BCUT2D eigenvalue weighted by Gasteiger charge is 2.15. The van der Waals surface area contributed by atoms with Crippen molar-refractivity contribution in [2.75, 3.05) is 18.5 Å². The minimum absolute atomic E-state index is 0.177. The summed E-state index contributed by atoms with van der Waals surface area (Å²) in [5.74, 6) is 0.338. The SMILES string of the molecule is Cc1ccccc1CNC(=O)c1cnc(NCC2CCCO2)nc1. The molecule has 2 aromatic rings. The van der Waals surface area contributed by atoms with Gasteiger partial charge in [0.25, 0.3) is 5.91 Å². The van der Waals surface area contributed by atoms with Gasteiger partial charge in [-0.2, -0.15) is 0 Å². The zero-order chi connectivity index (χ0) is 16.8. The number of rotatable bonds is 6. The molecular weight excluding hydrogens is 304 g/mol. The number of ether oxygens (including phenoxy) is 1. The van der Waals surface area contributed by atoms with Crippen molar-refractivity contribution in [3.8, 4) is 0 Å². The highest BCUT2D eigenvalue weighted by atomic mass is 16.5. The van der Waals surface area contributed by atoms with Gasteiger partial charge in [0.2, 0.25) is 5.95 Å². The minimum Gasteiger partial charge on any atom is -0.376 e. The van der Waals surface area contributed by atoms with Crippen molar-refractivity contribution >= 4 is 11.9 Å². The number of carbonyl (C=O) groups excluding carboxylic acids is 1. The number of nitrogens with zero attached hydrogens (tertiary/aromatic N) is 2. The van der Waals surface area contributed by atoms with Crippen LogP contribution in [0.2, 0.25) is 0 Å². The second kappa shape index (κ2) is 7.88. The first kappa shape index (κ1) is 16.4. The van der Waals surface area contributed by atoms with E-state index >= 15 is 0 Å². The molecular formula is C18H22N4O2. The van der Waals surface area contributed by atoms with Crippen LogP contribution in [0.1, 0.15) is 34.3 Å². The smallest absolute Gasteiger partial charge is 0.254 e. The van der Waals surface area contributed by atoms with Gasteiger partial charge in [0.05, 0.1) is 11.7 Å². The highest BCUT2D eigenvalue weighted by molar-refractivity contribution is 5.93. The molecule has 1 aromatic heterocycles. The number of hydrogen-bond acceptors (Lipinski definition) is 5. The maximum absolute atomic E-state index is 12.2. The Labute approximate surface area is 141 Å². The average Bonchev–Trinajstić information content (AvgIpc) is 3.13. The maximum Gasteiger partial charge on any atom is 0.254 e. The fraction of sp³-hybridized carbons (Fsp3) is 0.389. The summed E-state index contributed by atoms with van der Waals surface area (Å²) < 4.78 is 5.54. The van der Waals surface area contributed by atoms with Crippen molar-refractivity contribution in [1.82, 2.24) is 15.3 Å². The van der Waals surface area contributed by atoms with Crippen LogP contribution in [0.4, 0.5) is 5.95 Å². The van der Waals surface area contributed by atoms with E-state index in [1.165, 1.54) is 12.4 Å². The Balaban J connectivity index is 1.50. The molecule has 1 atom stereocenters. The number of benzene rings is 1. The lowest BCUT2D eigenvalue weighted by molar-refractivity contribution is 0.0950. The number of hydrogen-bond donors (Lipinski definition) is 2. The van der Waals surface area contributed by atoms with Crippen LogP contribution in [-0.4, -0.2) is 35.1 Å². The molecule has 1 aliphatic heterocycles. The molecule has 6 nitrogen and oxygen atoms in total. The van der Waals surface area contributed by atoms with Gasteiger partial charge in [0.15, 0.2) is 0 Å². The summed E-state index contributed by atoms with van der Waals surface area (Å²) in [6.07, 6.45) is 5.47. The normalized spacial score (nSPS) is 16.8. The van der Waals surface area contributed by atoms with E-state index in [9.17, 15) is 4.79 Å². The third-order valence-electron chi connectivity index (χ3n) is 4.13. The summed E-state index contributed by atoms with van der Waals surface area (Å²) in [6, 6.07) is 7.98. The summed E-state index contributed by atoms with van der Waals surface area (Å²) >= 11 is 0. The van der Waals surface area contributed by atoms with Gasteiger partial charge in [-0.25, -0.2) is 9.97 Å². The van der Waals surface area contributed by atoms with E-state index in [1.54, 1.807) is 0 Å². The molecule has 3 rings (SSSR count). The summed E-state index contributed by atoms with van der Waals surface area (Å²) in [7, 11) is 0. The molecule has 0 aliphatic carbocycles. The van der Waals surface area contributed by atoms with Gasteiger partial charge in [0, 0.05) is 32.1 Å². The van der Waals surface area contributed by atoms with Crippen molar-refractivity contribution in [2.24, 2.45) is 0 Å². The second-order valence-corrected chi connectivity index (χ2v) is 5.92. The molecule has 1 saturated heterocycles. The van der Waals surface area contributed by atoms with Crippen LogP contribution >= 0.6 is 0 Å². The quantitative estimate of drug-likeness (QED) is 0.852. The Morgan fingerprint density at radius 2 is 2.08 bits per heavy atom. The van der Waals surface area contributed by atoms with Crippen LogP contribution in [0.15, 0.2) is 36.7 Å². The molecule has 1 aliphatic rings. The molecule has 126 valence electrons. The number of anilines is 1. The molecule has 1 fully saturated rings. The predicted molar refractivity (Wildman–Crippen MR) is 91.8 cm³/mol. The lowest BCUT2D eigenvalue weighted by Crippen LogP contribution is -2.24. The molecule has 2 N–H and O–H groups in total. The van der Waals surface area contributed by atoms with Crippen molar-refractivity contribution < 1.29 is 9.53 Å². The lowest BCUT2D eigenvalue weighted by Gasteiger charge is -2.11. The number of nitrogens with one attached hydrogen (secondary N) is 2. The predicted octanol–water partition coefficient (Wildman–Crippen LogP) is 2.31. The Morgan fingerprint density at radius 1 is 1.29 bits per heavy atom. The first-order chi connectivity index (χ1) is 11.7. The fourth-order valence-electron chi connectivity index (χ4n) is 2.63. The lowest BCUT2D eigenvalue weighted by atomic mass is 10.1. The van der Waals surface area contributed by atoms with Crippen molar-refractivity contribution in [2.45, 2.75) is 32.4 Å². The summed E-state index contributed by atoms with van der Waals surface area (Å²) in [4.78, 5) is 20.6. The first-order valence-electron chi connectivity index (χ1n) is 8.22. The van der Waals surface area contributed by atoms with E-state index in [1.807, 2.05) is 31.2 Å². The molecule has 0 saturated carbocycles. The minimum atomic E-state index is -0.177. The topological polar surface area (TPSA) is 76.1 Å². The van der Waals surface area contributed by atoms with Crippen LogP contribution in [0.25, 0.3) is 0 Å². The summed E-state index contributed by atoms with van der Waals surface area (Å²) in [6.45, 7) is 4.04. The first-order valence-corrected chi connectivity index (χ1v) is 8.22. The Kier molecular flexibility index (Phi) is 5.38. The van der Waals surface area contributed by atoms with Crippen LogP contribution < -0.4 is 10.6 Å². The Hall–Kier alpha value is -2.47. The van der Waals surface area contributed by atoms with E-state index in [0.717, 1.165) is 30.6 Å². The monoisotopic (exact) mass is 326 g/mol. The van der Waals surface area contributed by atoms with Crippen molar-refractivity contribution in [3.63, 3.8) is 0 Å². The third kappa shape index (κ3) is 4.29. The number of aromatic nitrogens is 2. The van der Waals surface area contributed by atoms with E-state index in [0.29, 0.717) is 24.6 Å². The number of amides is 1. The average molecular weight is 326 g/mol. The molecule has 24 heavy (non-hydrogen) atoms. The van der Waals surface area contributed by atoms with Crippen LogP contribution in [0, 0.1) is 6.92 Å². The van der Waals surface area contributed by atoms with E-state index in [-0.39, 0.29) is 12.0 Å². The van der Waals surface area contributed by atoms with Gasteiger partial charge in [-0.15, -0.1) is 0 Å². The Morgan fingerprint density at radius 3 is 2.79 bits per heavy atom. The van der Waals surface area contributed by atoms with Gasteiger partial charge in [-0.3, -0.25) is 4.79 Å². The highest BCUT2D eigenvalue weighted by Crippen LogP contribution is 2.12. The zero-order valence-corrected chi connectivity index (χ0v) is 13.8. The summed E-state index contributed by atoms with van der Waals surface area (Å²) in [5.41, 5.74) is 2.70. The number of carbonyl (C=O) groups is 1. The molecule has 1 aromatic carbocycles. The van der Waals surface area contributed by atoms with Crippen LogP contribution in [-0.2, 0) is 11.3 Å². The van der Waals surface area contributed by atoms with E-state index in [2.05, 4.69) is 20.6 Å². The van der Waals surface area contributed by atoms with Gasteiger partial charge in [0.1, 0.15) is 0 Å². The van der Waals surface area contributed by atoms with Crippen LogP contribution in [0.5, 0.6) is 0 Å². The van der Waals surface area contributed by atoms with Crippen molar-refractivity contribution in [1.29, 1.82) is 0 Å². The molecule has 1 unspecified atom stereocenters. The number of aryl methyl sites for hydroxylation is 1. The van der Waals surface area contributed by atoms with Gasteiger partial charge in [-0.05, 0) is 30.9 Å². The zero-order valence-electron chi connectivity index (χ0n) is 13.8. The van der Waals surface area contributed by atoms with Crippen LogP contribution in [0.3, 0.4) is 0 Å². The summed E-state index contributed by atoms with van der Waals surface area (Å²) in [5, 5.41) is 6.03. The van der Waals surface area contributed by atoms with Gasteiger partial charge >= 0.3 is 0 Å². The third-order valence-corrected chi connectivity index (χ3v) is 4.13. The van der Waals surface area contributed by atoms with E-state index in [4.69, 9.17) is 4.74 Å². The molecule has 1 amide bonds. The largest absolute Gasteiger partial charge is 0.376 e. The molecule has 0 spiro atoms. The fourth-order valence-corrected chi connectivity index (χ4v) is 2.63. The molecule has 6 heteroatoms. The molecule has 0 radical (unpaired) electrons. The van der Waals surface area contributed by atoms with Crippen molar-refractivity contribution in [3.05, 3.63) is 53.3 Å². The molecule has 0 bridgehead atoms.